The third-order valence-electron chi connectivity index (χ3n) is 2.95. The molecular formula is C13H15BrN4O2. The fraction of sp³-hybridized carbons (Fsp3) is 0.308. The Morgan fingerprint density at radius 1 is 1.50 bits per heavy atom. The molecule has 0 aliphatic heterocycles. The maximum atomic E-state index is 11.0. The van der Waals surface area contributed by atoms with Gasteiger partial charge in [-0.25, -0.2) is 0 Å². The molecule has 0 saturated carbocycles. The van der Waals surface area contributed by atoms with Gasteiger partial charge in [0.15, 0.2) is 0 Å². The fourth-order valence-electron chi connectivity index (χ4n) is 2.02. The van der Waals surface area contributed by atoms with Gasteiger partial charge in [-0.2, -0.15) is 5.10 Å². The minimum atomic E-state index is -0.392. The molecule has 1 N–H and O–H groups in total. The van der Waals surface area contributed by atoms with Crippen LogP contribution in [0.1, 0.15) is 18.2 Å². The molecule has 1 aromatic carbocycles. The van der Waals surface area contributed by atoms with Crippen LogP contribution >= 0.6 is 15.9 Å². The predicted octanol–water partition coefficient (Wildman–Crippen LogP) is 3.27. The van der Waals surface area contributed by atoms with Crippen molar-refractivity contribution in [3.8, 4) is 0 Å². The molecule has 0 radical (unpaired) electrons. The summed E-state index contributed by atoms with van der Waals surface area (Å²) in [4.78, 5) is 10.6. The number of rotatable bonds is 5. The zero-order valence-electron chi connectivity index (χ0n) is 11.3. The van der Waals surface area contributed by atoms with E-state index in [2.05, 4.69) is 26.3 Å². The van der Waals surface area contributed by atoms with Crippen molar-refractivity contribution in [3.05, 3.63) is 50.2 Å². The molecule has 7 heteroatoms. The normalized spacial score (nSPS) is 10.6. The van der Waals surface area contributed by atoms with Gasteiger partial charge in [0.05, 0.1) is 10.6 Å². The van der Waals surface area contributed by atoms with Gasteiger partial charge in [-0.15, -0.1) is 0 Å². The number of nitrogens with zero attached hydrogens (tertiary/aromatic N) is 3. The van der Waals surface area contributed by atoms with Gasteiger partial charge in [0.1, 0.15) is 5.69 Å². The topological polar surface area (TPSA) is 73.0 Å². The van der Waals surface area contributed by atoms with Crippen molar-refractivity contribution >= 4 is 27.3 Å². The van der Waals surface area contributed by atoms with Crippen LogP contribution in [0.15, 0.2) is 28.9 Å². The maximum Gasteiger partial charge on any atom is 0.293 e. The summed E-state index contributed by atoms with van der Waals surface area (Å²) < 4.78 is 2.44. The lowest BCUT2D eigenvalue weighted by Crippen LogP contribution is -2.03. The number of halogens is 1. The van der Waals surface area contributed by atoms with Gasteiger partial charge in [-0.05, 0) is 18.6 Å². The van der Waals surface area contributed by atoms with Gasteiger partial charge in [0, 0.05) is 35.9 Å². The molecule has 6 nitrogen and oxygen atoms in total. The second kappa shape index (κ2) is 6.04. The van der Waals surface area contributed by atoms with Gasteiger partial charge in [-0.1, -0.05) is 22.9 Å². The van der Waals surface area contributed by atoms with E-state index >= 15 is 0 Å². The number of anilines is 1. The smallest absolute Gasteiger partial charge is 0.293 e. The van der Waals surface area contributed by atoms with E-state index in [1.54, 1.807) is 16.8 Å². The van der Waals surface area contributed by atoms with Gasteiger partial charge >= 0.3 is 0 Å². The second-order valence-corrected chi connectivity index (χ2v) is 5.32. The molecule has 20 heavy (non-hydrogen) atoms. The first-order chi connectivity index (χ1) is 9.51. The molecule has 0 atom stereocenters. The standard InChI is InChI=1S/C13H15BrN4O2/c1-3-11-9(8-17(2)16-11)7-15-12-5-4-10(14)6-13(12)18(19)20/h4-6,8,15H,3,7H2,1-2H3. The minimum Gasteiger partial charge on any atom is -0.375 e. The third-order valence-corrected chi connectivity index (χ3v) is 3.45. The molecule has 0 spiro atoms. The predicted molar refractivity (Wildman–Crippen MR) is 80.7 cm³/mol. The van der Waals surface area contributed by atoms with E-state index < -0.39 is 4.92 Å². The molecule has 106 valence electrons. The Bertz CT molecular complexity index is 639. The highest BCUT2D eigenvalue weighted by Crippen LogP contribution is 2.28. The Kier molecular flexibility index (Phi) is 4.39. The van der Waals surface area contributed by atoms with Crippen LogP contribution < -0.4 is 5.32 Å². The first-order valence-corrected chi connectivity index (χ1v) is 6.99. The lowest BCUT2D eigenvalue weighted by molar-refractivity contribution is -0.384. The fourth-order valence-corrected chi connectivity index (χ4v) is 2.37. The largest absolute Gasteiger partial charge is 0.375 e. The molecular weight excluding hydrogens is 324 g/mol. The zero-order chi connectivity index (χ0) is 14.7. The SMILES string of the molecule is CCc1nn(C)cc1CNc1ccc(Br)cc1[N+](=O)[O-]. The first kappa shape index (κ1) is 14.5. The highest BCUT2D eigenvalue weighted by molar-refractivity contribution is 9.10. The minimum absolute atomic E-state index is 0.0568. The van der Waals surface area contributed by atoms with Gasteiger partial charge < -0.3 is 5.32 Å². The van der Waals surface area contributed by atoms with Crippen molar-refractivity contribution in [3.63, 3.8) is 0 Å². The molecule has 0 amide bonds. The number of nitro benzene ring substituents is 1. The van der Waals surface area contributed by atoms with E-state index in [0.29, 0.717) is 16.7 Å². The number of benzene rings is 1. The Morgan fingerprint density at radius 3 is 2.90 bits per heavy atom. The number of nitrogens with one attached hydrogen (secondary N) is 1. The maximum absolute atomic E-state index is 11.0. The Hall–Kier alpha value is -1.89. The summed E-state index contributed by atoms with van der Waals surface area (Å²) in [5, 5.41) is 18.5. The van der Waals surface area contributed by atoms with Crippen LogP contribution in [0.3, 0.4) is 0 Å². The van der Waals surface area contributed by atoms with Crippen molar-refractivity contribution in [1.82, 2.24) is 9.78 Å². The van der Waals surface area contributed by atoms with E-state index in [4.69, 9.17) is 0 Å². The second-order valence-electron chi connectivity index (χ2n) is 4.40. The quantitative estimate of drug-likeness (QED) is 0.670. The third kappa shape index (κ3) is 3.16. The number of hydrogen-bond donors (Lipinski definition) is 1. The summed E-state index contributed by atoms with van der Waals surface area (Å²) in [6.07, 6.45) is 2.76. The summed E-state index contributed by atoms with van der Waals surface area (Å²) >= 11 is 3.24. The van der Waals surface area contributed by atoms with Crippen molar-refractivity contribution in [2.24, 2.45) is 7.05 Å². The molecule has 0 saturated heterocycles. The van der Waals surface area contributed by atoms with Crippen LogP contribution in [0.5, 0.6) is 0 Å². The zero-order valence-corrected chi connectivity index (χ0v) is 12.8. The van der Waals surface area contributed by atoms with Crippen molar-refractivity contribution in [2.75, 3.05) is 5.32 Å². The Labute approximate surface area is 125 Å². The number of aryl methyl sites for hydroxylation is 2. The molecule has 0 aliphatic carbocycles. The van der Waals surface area contributed by atoms with Crippen LogP contribution in [-0.4, -0.2) is 14.7 Å². The van der Waals surface area contributed by atoms with Gasteiger partial charge in [0.2, 0.25) is 0 Å². The number of hydrogen-bond acceptors (Lipinski definition) is 4. The van der Waals surface area contributed by atoms with E-state index in [1.165, 1.54) is 6.07 Å². The molecule has 1 heterocycles. The van der Waals surface area contributed by atoms with Crippen LogP contribution in [-0.2, 0) is 20.0 Å². The molecule has 2 aromatic rings. The lowest BCUT2D eigenvalue weighted by Gasteiger charge is -2.07. The summed E-state index contributed by atoms with van der Waals surface area (Å²) in [5.41, 5.74) is 2.61. The Balaban J connectivity index is 2.20. The summed E-state index contributed by atoms with van der Waals surface area (Å²) in [6.45, 7) is 2.55. The summed E-state index contributed by atoms with van der Waals surface area (Å²) in [6, 6.07) is 4.97. The van der Waals surface area contributed by atoms with Crippen LogP contribution in [0.2, 0.25) is 0 Å². The van der Waals surface area contributed by atoms with Crippen LogP contribution in [0.25, 0.3) is 0 Å². The molecule has 0 unspecified atom stereocenters. The first-order valence-electron chi connectivity index (χ1n) is 6.20. The van der Waals surface area contributed by atoms with Crippen molar-refractivity contribution < 1.29 is 4.92 Å². The van der Waals surface area contributed by atoms with Crippen molar-refractivity contribution in [1.29, 1.82) is 0 Å². The lowest BCUT2D eigenvalue weighted by atomic mass is 10.2. The molecule has 0 aliphatic rings. The molecule has 1 aromatic heterocycles. The average molecular weight is 339 g/mol. The monoisotopic (exact) mass is 338 g/mol. The average Bonchev–Trinajstić information content (AvgIpc) is 2.77. The van der Waals surface area contributed by atoms with E-state index in [0.717, 1.165) is 17.7 Å². The summed E-state index contributed by atoms with van der Waals surface area (Å²) in [5.74, 6) is 0. The van der Waals surface area contributed by atoms with Crippen molar-refractivity contribution in [2.45, 2.75) is 19.9 Å². The van der Waals surface area contributed by atoms with E-state index in [-0.39, 0.29) is 5.69 Å². The molecule has 2 rings (SSSR count). The highest BCUT2D eigenvalue weighted by Gasteiger charge is 2.14. The number of aromatic nitrogens is 2. The van der Waals surface area contributed by atoms with Crippen LogP contribution in [0.4, 0.5) is 11.4 Å². The van der Waals surface area contributed by atoms with Crippen LogP contribution in [0, 0.1) is 10.1 Å². The molecule has 0 fully saturated rings. The van der Waals surface area contributed by atoms with Gasteiger partial charge in [0.25, 0.3) is 5.69 Å². The number of nitro groups is 1. The Morgan fingerprint density at radius 2 is 2.25 bits per heavy atom. The molecule has 0 bridgehead atoms. The van der Waals surface area contributed by atoms with E-state index in [1.807, 2.05) is 20.2 Å². The highest BCUT2D eigenvalue weighted by atomic mass is 79.9. The van der Waals surface area contributed by atoms with E-state index in [9.17, 15) is 10.1 Å². The van der Waals surface area contributed by atoms with Gasteiger partial charge in [-0.3, -0.25) is 14.8 Å². The summed E-state index contributed by atoms with van der Waals surface area (Å²) in [7, 11) is 1.87.